The summed E-state index contributed by atoms with van der Waals surface area (Å²) in [4.78, 5) is 12.8. The first-order chi connectivity index (χ1) is 15.3. The summed E-state index contributed by atoms with van der Waals surface area (Å²) in [6.45, 7) is 3.90. The third-order valence-corrected chi connectivity index (χ3v) is 6.88. The molecule has 0 bridgehead atoms. The molecule has 3 rings (SSSR count). The van der Waals surface area contributed by atoms with Crippen LogP contribution >= 0.6 is 0 Å². The fraction of sp³-hybridized carbons (Fsp3) is 0.240. The highest BCUT2D eigenvalue weighted by atomic mass is 32.2. The number of methoxy groups -OCH3 is 1. The Morgan fingerprint density at radius 2 is 1.56 bits per heavy atom. The van der Waals surface area contributed by atoms with E-state index in [0.29, 0.717) is 6.54 Å². The maximum absolute atomic E-state index is 13.6. The molecule has 0 aromatic heterocycles. The summed E-state index contributed by atoms with van der Waals surface area (Å²) >= 11 is 0. The minimum Gasteiger partial charge on any atom is -0.495 e. The van der Waals surface area contributed by atoms with Crippen molar-refractivity contribution in [1.29, 1.82) is 0 Å². The van der Waals surface area contributed by atoms with E-state index in [1.165, 1.54) is 11.4 Å². The summed E-state index contributed by atoms with van der Waals surface area (Å²) in [5, 5.41) is 2.82. The van der Waals surface area contributed by atoms with E-state index in [1.807, 2.05) is 68.4 Å². The number of carbonyl (C=O) groups is 1. The molecule has 3 aromatic rings. The van der Waals surface area contributed by atoms with Crippen molar-refractivity contribution in [3.05, 3.63) is 95.1 Å². The van der Waals surface area contributed by atoms with Gasteiger partial charge in [-0.15, -0.1) is 0 Å². The van der Waals surface area contributed by atoms with Crippen LogP contribution in [0.2, 0.25) is 0 Å². The molecule has 0 saturated carbocycles. The highest BCUT2D eigenvalue weighted by molar-refractivity contribution is 7.89. The number of nitrogens with one attached hydrogen (secondary N) is 1. The summed E-state index contributed by atoms with van der Waals surface area (Å²) < 4.78 is 33.6. The second kappa shape index (κ2) is 10.4. The van der Waals surface area contributed by atoms with Gasteiger partial charge in [-0.2, -0.15) is 4.31 Å². The molecule has 0 radical (unpaired) electrons. The van der Waals surface area contributed by atoms with Crippen molar-refractivity contribution in [3.63, 3.8) is 0 Å². The molecule has 32 heavy (non-hydrogen) atoms. The van der Waals surface area contributed by atoms with Gasteiger partial charge in [-0.1, -0.05) is 66.2 Å². The molecular weight excluding hydrogens is 424 g/mol. The van der Waals surface area contributed by atoms with Gasteiger partial charge in [0.2, 0.25) is 15.9 Å². The van der Waals surface area contributed by atoms with Gasteiger partial charge in [0.25, 0.3) is 0 Å². The third-order valence-electron chi connectivity index (χ3n) is 5.07. The Kier molecular flexibility index (Phi) is 7.66. The molecule has 0 aliphatic rings. The molecule has 168 valence electrons. The maximum atomic E-state index is 13.6. The molecule has 0 aliphatic carbocycles. The van der Waals surface area contributed by atoms with Crippen molar-refractivity contribution < 1.29 is 17.9 Å². The summed E-state index contributed by atoms with van der Waals surface area (Å²) in [5.74, 6) is -0.134. The van der Waals surface area contributed by atoms with Gasteiger partial charge in [0.1, 0.15) is 10.6 Å². The number of carbonyl (C=O) groups excluding carboxylic acids is 1. The highest BCUT2D eigenvalue weighted by Gasteiger charge is 2.30. The van der Waals surface area contributed by atoms with Crippen LogP contribution in [0.15, 0.2) is 77.7 Å². The van der Waals surface area contributed by atoms with Crippen molar-refractivity contribution in [3.8, 4) is 5.75 Å². The van der Waals surface area contributed by atoms with E-state index >= 15 is 0 Å². The van der Waals surface area contributed by atoms with Crippen LogP contribution in [0.1, 0.15) is 22.3 Å². The fourth-order valence-electron chi connectivity index (χ4n) is 3.26. The quantitative estimate of drug-likeness (QED) is 0.536. The first-order valence-electron chi connectivity index (χ1n) is 10.3. The number of sulfonamides is 1. The van der Waals surface area contributed by atoms with Crippen LogP contribution in [0.25, 0.3) is 0 Å². The number of hydrogen-bond donors (Lipinski definition) is 1. The molecule has 1 N–H and O–H groups in total. The topological polar surface area (TPSA) is 75.7 Å². The Morgan fingerprint density at radius 1 is 0.906 bits per heavy atom. The molecule has 7 heteroatoms. The van der Waals surface area contributed by atoms with Crippen LogP contribution in [-0.4, -0.2) is 32.3 Å². The smallest absolute Gasteiger partial charge is 0.247 e. The molecule has 6 nitrogen and oxygen atoms in total. The summed E-state index contributed by atoms with van der Waals surface area (Å²) in [6, 6.07) is 22.0. The van der Waals surface area contributed by atoms with Crippen LogP contribution in [-0.2, 0) is 27.9 Å². The molecule has 0 saturated heterocycles. The number of amides is 1. The number of aryl methyl sites for hydroxylation is 2. The van der Waals surface area contributed by atoms with Crippen molar-refractivity contribution in [2.75, 3.05) is 13.7 Å². The second-order valence-corrected chi connectivity index (χ2v) is 9.58. The number of rotatable bonds is 9. The van der Waals surface area contributed by atoms with E-state index in [9.17, 15) is 13.2 Å². The van der Waals surface area contributed by atoms with Crippen molar-refractivity contribution >= 4 is 15.9 Å². The zero-order valence-electron chi connectivity index (χ0n) is 18.5. The molecule has 3 aromatic carbocycles. The van der Waals surface area contributed by atoms with E-state index < -0.39 is 10.0 Å². The Morgan fingerprint density at radius 3 is 2.22 bits per heavy atom. The second-order valence-electron chi connectivity index (χ2n) is 7.68. The average molecular weight is 453 g/mol. The Bertz CT molecular complexity index is 1160. The molecule has 0 aliphatic heterocycles. The number of ether oxygens (including phenoxy) is 1. The minimum absolute atomic E-state index is 0.0438. The Labute approximate surface area is 189 Å². The third kappa shape index (κ3) is 5.96. The van der Waals surface area contributed by atoms with Crippen molar-refractivity contribution in [2.45, 2.75) is 31.8 Å². The molecule has 0 unspecified atom stereocenters. The zero-order valence-corrected chi connectivity index (χ0v) is 19.4. The van der Waals surface area contributed by atoms with E-state index in [2.05, 4.69) is 5.32 Å². The zero-order chi connectivity index (χ0) is 23.1. The van der Waals surface area contributed by atoms with Crippen LogP contribution in [0, 0.1) is 13.8 Å². The van der Waals surface area contributed by atoms with E-state index in [-0.39, 0.29) is 29.6 Å². The molecule has 1 amide bonds. The molecule has 0 spiro atoms. The first-order valence-corrected chi connectivity index (χ1v) is 11.7. The van der Waals surface area contributed by atoms with Gasteiger partial charge in [-0.3, -0.25) is 4.79 Å². The SMILES string of the molecule is COc1ccc(C)cc1S(=O)(=O)N(CC(=O)NCc1ccc(C)cc1)Cc1ccccc1. The lowest BCUT2D eigenvalue weighted by molar-refractivity contribution is -0.121. The summed E-state index contributed by atoms with van der Waals surface area (Å²) in [5.41, 5.74) is 3.65. The minimum atomic E-state index is -4.00. The summed E-state index contributed by atoms with van der Waals surface area (Å²) in [7, 11) is -2.57. The normalized spacial score (nSPS) is 11.4. The predicted molar refractivity (Wildman–Crippen MR) is 125 cm³/mol. The van der Waals surface area contributed by atoms with Crippen LogP contribution in [0.3, 0.4) is 0 Å². The van der Waals surface area contributed by atoms with Gasteiger partial charge < -0.3 is 10.1 Å². The van der Waals surface area contributed by atoms with Crippen molar-refractivity contribution in [2.24, 2.45) is 0 Å². The van der Waals surface area contributed by atoms with Gasteiger partial charge in [0.05, 0.1) is 13.7 Å². The maximum Gasteiger partial charge on any atom is 0.247 e. The standard InChI is InChI=1S/C25H28N2O4S/c1-19-9-12-21(13-10-19)16-26-25(28)18-27(17-22-7-5-4-6-8-22)32(29,30)24-15-20(2)11-14-23(24)31-3/h4-15H,16-18H2,1-3H3,(H,26,28). The van der Waals surface area contributed by atoms with E-state index in [4.69, 9.17) is 4.74 Å². The first kappa shape index (κ1) is 23.5. The van der Waals surface area contributed by atoms with Gasteiger partial charge in [-0.05, 0) is 42.7 Å². The lowest BCUT2D eigenvalue weighted by Gasteiger charge is -2.23. The largest absolute Gasteiger partial charge is 0.495 e. The average Bonchev–Trinajstić information content (AvgIpc) is 2.79. The molecule has 0 fully saturated rings. The Hall–Kier alpha value is -3.16. The van der Waals surface area contributed by atoms with E-state index in [0.717, 1.165) is 22.3 Å². The van der Waals surface area contributed by atoms with Crippen molar-refractivity contribution in [1.82, 2.24) is 9.62 Å². The number of hydrogen-bond acceptors (Lipinski definition) is 4. The van der Waals surface area contributed by atoms with Crippen LogP contribution in [0.5, 0.6) is 5.75 Å². The van der Waals surface area contributed by atoms with Gasteiger partial charge in [0.15, 0.2) is 0 Å². The van der Waals surface area contributed by atoms with Gasteiger partial charge in [0, 0.05) is 13.1 Å². The number of nitrogens with zero attached hydrogens (tertiary/aromatic N) is 1. The molecule has 0 heterocycles. The number of benzene rings is 3. The molecular formula is C25H28N2O4S. The summed E-state index contributed by atoms with van der Waals surface area (Å²) in [6.07, 6.45) is 0. The van der Waals surface area contributed by atoms with Gasteiger partial charge in [-0.25, -0.2) is 8.42 Å². The van der Waals surface area contributed by atoms with Crippen LogP contribution < -0.4 is 10.1 Å². The van der Waals surface area contributed by atoms with E-state index in [1.54, 1.807) is 18.2 Å². The predicted octanol–water partition coefficient (Wildman–Crippen LogP) is 3.82. The monoisotopic (exact) mass is 452 g/mol. The lowest BCUT2D eigenvalue weighted by Crippen LogP contribution is -2.40. The lowest BCUT2D eigenvalue weighted by atomic mass is 10.1. The fourth-order valence-corrected chi connectivity index (χ4v) is 4.89. The molecule has 0 atom stereocenters. The van der Waals surface area contributed by atoms with Gasteiger partial charge >= 0.3 is 0 Å². The Balaban J connectivity index is 1.85. The van der Waals surface area contributed by atoms with Crippen LogP contribution in [0.4, 0.5) is 0 Å². The highest BCUT2D eigenvalue weighted by Crippen LogP contribution is 2.28.